The van der Waals surface area contributed by atoms with E-state index in [1.807, 2.05) is 0 Å². The van der Waals surface area contributed by atoms with Gasteiger partial charge < -0.3 is 0 Å². The number of aromatic nitrogens is 2. The number of sulfone groups is 1. The van der Waals surface area contributed by atoms with Crippen molar-refractivity contribution in [2.45, 2.75) is 32.6 Å². The minimum Gasteiger partial charge on any atom is -0.236 e. The van der Waals surface area contributed by atoms with Gasteiger partial charge in [0.2, 0.25) is 0 Å². The van der Waals surface area contributed by atoms with Crippen LogP contribution >= 0.6 is 27.5 Å². The van der Waals surface area contributed by atoms with E-state index in [1.165, 1.54) is 0 Å². The maximum atomic E-state index is 11.5. The molecular weight excluding hydrogens is 352 g/mol. The molecule has 0 radical (unpaired) electrons. The van der Waals surface area contributed by atoms with Crippen molar-refractivity contribution in [2.24, 2.45) is 5.92 Å². The third kappa shape index (κ3) is 3.67. The van der Waals surface area contributed by atoms with Crippen LogP contribution in [0.25, 0.3) is 0 Å². The second-order valence-electron chi connectivity index (χ2n) is 5.33. The number of hydrogen-bond acceptors (Lipinski definition) is 4. The quantitative estimate of drug-likeness (QED) is 0.771. The van der Waals surface area contributed by atoms with Crippen molar-refractivity contribution in [3.8, 4) is 0 Å². The van der Waals surface area contributed by atoms with Crippen LogP contribution in [0.15, 0.2) is 4.47 Å². The summed E-state index contributed by atoms with van der Waals surface area (Å²) in [4.78, 5) is 8.75. The van der Waals surface area contributed by atoms with Crippen molar-refractivity contribution in [2.75, 3.05) is 11.5 Å². The third-order valence-electron chi connectivity index (χ3n) is 3.10. The fraction of sp³-hybridized carbons (Fsp3) is 0.667. The highest BCUT2D eigenvalue weighted by atomic mass is 79.9. The van der Waals surface area contributed by atoms with Gasteiger partial charge >= 0.3 is 0 Å². The van der Waals surface area contributed by atoms with Gasteiger partial charge in [-0.3, -0.25) is 0 Å². The minimum absolute atomic E-state index is 0.124. The standard InChI is InChI=1S/C12H16BrClN2O2S/c1-7(2)5-9-10(13)11(14)16-12(15-9)8-3-4-19(17,18)6-8/h7-8H,3-6H2,1-2H3. The van der Waals surface area contributed by atoms with E-state index in [2.05, 4.69) is 39.7 Å². The summed E-state index contributed by atoms with van der Waals surface area (Å²) in [5.74, 6) is 1.23. The molecule has 0 bridgehead atoms. The first kappa shape index (κ1) is 15.2. The van der Waals surface area contributed by atoms with Crippen LogP contribution in [0.4, 0.5) is 0 Å². The molecule has 1 fully saturated rings. The Labute approximate surface area is 127 Å². The van der Waals surface area contributed by atoms with Crippen LogP contribution in [-0.2, 0) is 16.3 Å². The second-order valence-corrected chi connectivity index (χ2v) is 8.71. The van der Waals surface area contributed by atoms with Crippen molar-refractivity contribution >= 4 is 37.4 Å². The molecule has 0 saturated carbocycles. The topological polar surface area (TPSA) is 59.9 Å². The van der Waals surface area contributed by atoms with E-state index < -0.39 is 9.84 Å². The predicted molar refractivity (Wildman–Crippen MR) is 79.3 cm³/mol. The van der Waals surface area contributed by atoms with Crippen LogP contribution in [-0.4, -0.2) is 29.9 Å². The SMILES string of the molecule is CC(C)Cc1nc(C2CCS(=O)(=O)C2)nc(Cl)c1Br. The van der Waals surface area contributed by atoms with Gasteiger partial charge in [-0.1, -0.05) is 25.4 Å². The molecule has 1 atom stereocenters. The monoisotopic (exact) mass is 366 g/mol. The Morgan fingerprint density at radius 1 is 1.42 bits per heavy atom. The molecule has 106 valence electrons. The van der Waals surface area contributed by atoms with Crippen LogP contribution < -0.4 is 0 Å². The summed E-state index contributed by atoms with van der Waals surface area (Å²) in [7, 11) is -2.94. The molecule has 2 heterocycles. The van der Waals surface area contributed by atoms with Gasteiger partial charge in [-0.05, 0) is 34.7 Å². The van der Waals surface area contributed by atoms with Gasteiger partial charge in [0, 0.05) is 5.92 Å². The summed E-state index contributed by atoms with van der Waals surface area (Å²) in [6.07, 6.45) is 1.37. The van der Waals surface area contributed by atoms with Crippen molar-refractivity contribution in [1.29, 1.82) is 0 Å². The molecule has 19 heavy (non-hydrogen) atoms. The lowest BCUT2D eigenvalue weighted by atomic mass is 10.1. The molecule has 4 nitrogen and oxygen atoms in total. The van der Waals surface area contributed by atoms with E-state index in [9.17, 15) is 8.42 Å². The molecule has 1 aromatic heterocycles. The average Bonchev–Trinajstić information content (AvgIpc) is 2.64. The largest absolute Gasteiger partial charge is 0.236 e. The molecule has 0 aromatic carbocycles. The molecule has 1 unspecified atom stereocenters. The van der Waals surface area contributed by atoms with Crippen molar-refractivity contribution in [3.63, 3.8) is 0 Å². The van der Waals surface area contributed by atoms with E-state index in [1.54, 1.807) is 0 Å². The minimum atomic E-state index is -2.94. The van der Waals surface area contributed by atoms with Crippen molar-refractivity contribution < 1.29 is 8.42 Å². The molecule has 7 heteroatoms. The van der Waals surface area contributed by atoms with Gasteiger partial charge in [0.1, 0.15) is 11.0 Å². The summed E-state index contributed by atoms with van der Waals surface area (Å²) in [5.41, 5.74) is 0.856. The highest BCUT2D eigenvalue weighted by Crippen LogP contribution is 2.31. The van der Waals surface area contributed by atoms with Crippen LogP contribution in [0, 0.1) is 5.92 Å². The van der Waals surface area contributed by atoms with E-state index in [0.717, 1.165) is 12.1 Å². The molecule has 1 aromatic rings. The summed E-state index contributed by atoms with van der Waals surface area (Å²) < 4.78 is 23.8. The smallest absolute Gasteiger partial charge is 0.151 e. The molecule has 1 aliphatic heterocycles. The van der Waals surface area contributed by atoms with Gasteiger partial charge in [-0.2, -0.15) is 0 Å². The van der Waals surface area contributed by atoms with Crippen LogP contribution in [0.1, 0.15) is 37.7 Å². The number of halogens is 2. The van der Waals surface area contributed by atoms with Crippen LogP contribution in [0.3, 0.4) is 0 Å². The number of hydrogen-bond donors (Lipinski definition) is 0. The Morgan fingerprint density at radius 2 is 2.11 bits per heavy atom. The Kier molecular flexibility index (Phi) is 4.52. The van der Waals surface area contributed by atoms with E-state index in [-0.39, 0.29) is 17.4 Å². The third-order valence-corrected chi connectivity index (χ3v) is 6.20. The molecule has 1 aliphatic rings. The molecule has 0 spiro atoms. The molecule has 2 rings (SSSR count). The van der Waals surface area contributed by atoms with E-state index in [0.29, 0.717) is 27.8 Å². The Hall–Kier alpha value is -0.200. The lowest BCUT2D eigenvalue weighted by Crippen LogP contribution is -2.11. The molecule has 0 N–H and O–H groups in total. The highest BCUT2D eigenvalue weighted by molar-refractivity contribution is 9.10. The first-order chi connectivity index (χ1) is 8.78. The lowest BCUT2D eigenvalue weighted by Gasteiger charge is -2.12. The number of nitrogens with zero attached hydrogens (tertiary/aromatic N) is 2. The van der Waals surface area contributed by atoms with Gasteiger partial charge in [0.15, 0.2) is 9.84 Å². The number of rotatable bonds is 3. The van der Waals surface area contributed by atoms with Gasteiger partial charge in [-0.15, -0.1) is 0 Å². The molecular formula is C12H16BrClN2O2S. The van der Waals surface area contributed by atoms with Crippen molar-refractivity contribution in [1.82, 2.24) is 9.97 Å². The maximum absolute atomic E-state index is 11.5. The fourth-order valence-corrected chi connectivity index (χ4v) is 4.46. The zero-order valence-corrected chi connectivity index (χ0v) is 14.0. The van der Waals surface area contributed by atoms with E-state index >= 15 is 0 Å². The normalized spacial score (nSPS) is 22.1. The van der Waals surface area contributed by atoms with Gasteiger partial charge in [0.25, 0.3) is 0 Å². The van der Waals surface area contributed by atoms with Gasteiger partial charge in [0.05, 0.1) is 21.7 Å². The first-order valence-electron chi connectivity index (χ1n) is 6.20. The summed E-state index contributed by atoms with van der Waals surface area (Å²) in [6, 6.07) is 0. The second kappa shape index (κ2) is 5.66. The molecule has 0 amide bonds. The molecule has 0 aliphatic carbocycles. The van der Waals surface area contributed by atoms with Gasteiger partial charge in [-0.25, -0.2) is 18.4 Å². The lowest BCUT2D eigenvalue weighted by molar-refractivity contribution is 0.599. The summed E-state index contributed by atoms with van der Waals surface area (Å²) in [6.45, 7) is 4.20. The first-order valence-corrected chi connectivity index (χ1v) is 9.20. The summed E-state index contributed by atoms with van der Waals surface area (Å²) >= 11 is 9.50. The van der Waals surface area contributed by atoms with Crippen molar-refractivity contribution in [3.05, 3.63) is 21.1 Å². The molecule has 1 saturated heterocycles. The predicted octanol–water partition coefficient (Wildman–Crippen LogP) is 2.99. The summed E-state index contributed by atoms with van der Waals surface area (Å²) in [5, 5.41) is 0.366. The zero-order chi connectivity index (χ0) is 14.2. The Bertz CT molecular complexity index is 590. The van der Waals surface area contributed by atoms with E-state index in [4.69, 9.17) is 11.6 Å². The average molecular weight is 368 g/mol. The zero-order valence-electron chi connectivity index (χ0n) is 10.9. The highest BCUT2D eigenvalue weighted by Gasteiger charge is 2.31. The van der Waals surface area contributed by atoms with Crippen LogP contribution in [0.5, 0.6) is 0 Å². The Balaban J connectivity index is 2.34. The fourth-order valence-electron chi connectivity index (χ4n) is 2.18. The Morgan fingerprint density at radius 3 is 2.63 bits per heavy atom. The van der Waals surface area contributed by atoms with Crippen LogP contribution in [0.2, 0.25) is 5.15 Å². The maximum Gasteiger partial charge on any atom is 0.151 e.